The largest absolute Gasteiger partial charge is 0.444 e. The Labute approximate surface area is 97.4 Å². The molecule has 92 valence electrons. The van der Waals surface area contributed by atoms with Crippen LogP contribution in [0.2, 0.25) is 0 Å². The molecule has 0 aliphatic rings. The van der Waals surface area contributed by atoms with Crippen molar-refractivity contribution in [3.05, 3.63) is 17.8 Å². The Morgan fingerprint density at radius 1 is 1.44 bits per heavy atom. The van der Waals surface area contributed by atoms with E-state index in [4.69, 9.17) is 9.15 Å². The van der Waals surface area contributed by atoms with E-state index in [9.17, 15) is 0 Å². The van der Waals surface area contributed by atoms with Gasteiger partial charge in [0.25, 0.3) is 0 Å². The van der Waals surface area contributed by atoms with Crippen molar-refractivity contribution in [1.82, 2.24) is 10.3 Å². The molecule has 0 radical (unpaired) electrons. The highest BCUT2D eigenvalue weighted by atomic mass is 16.5. The van der Waals surface area contributed by atoms with E-state index < -0.39 is 0 Å². The van der Waals surface area contributed by atoms with Gasteiger partial charge in [-0.3, -0.25) is 0 Å². The lowest BCUT2D eigenvalue weighted by Crippen LogP contribution is -2.24. The number of hydrogen-bond acceptors (Lipinski definition) is 4. The maximum absolute atomic E-state index is 5.47. The first-order chi connectivity index (χ1) is 7.59. The van der Waals surface area contributed by atoms with Crippen LogP contribution in [0.5, 0.6) is 0 Å². The van der Waals surface area contributed by atoms with Crippen LogP contribution in [0, 0.1) is 12.8 Å². The normalized spacial score (nSPS) is 13.3. The highest BCUT2D eigenvalue weighted by molar-refractivity contribution is 4.94. The van der Waals surface area contributed by atoms with Crippen LogP contribution in [0.4, 0.5) is 0 Å². The molecule has 1 rings (SSSR count). The number of hydrogen-bond donors (Lipinski definition) is 1. The number of oxazole rings is 1. The quantitative estimate of drug-likeness (QED) is 0.725. The number of rotatable bonds is 7. The van der Waals surface area contributed by atoms with Crippen molar-refractivity contribution in [3.8, 4) is 0 Å². The van der Waals surface area contributed by atoms with Gasteiger partial charge >= 0.3 is 0 Å². The molecule has 1 heterocycles. The van der Waals surface area contributed by atoms with E-state index >= 15 is 0 Å². The number of aromatic nitrogens is 1. The van der Waals surface area contributed by atoms with Crippen LogP contribution in [0.1, 0.15) is 38.5 Å². The molecule has 1 atom stereocenters. The predicted molar refractivity (Wildman–Crippen MR) is 63.3 cm³/mol. The summed E-state index contributed by atoms with van der Waals surface area (Å²) in [7, 11) is 0. The molecule has 1 aromatic heterocycles. The summed E-state index contributed by atoms with van der Waals surface area (Å²) < 4.78 is 10.9. The zero-order valence-corrected chi connectivity index (χ0v) is 10.6. The molecule has 0 fully saturated rings. The number of aryl methyl sites for hydroxylation is 1. The van der Waals surface area contributed by atoms with E-state index in [1.54, 1.807) is 6.20 Å². The van der Waals surface area contributed by atoms with Crippen LogP contribution in [0.3, 0.4) is 0 Å². The van der Waals surface area contributed by atoms with Gasteiger partial charge in [-0.15, -0.1) is 0 Å². The Hall–Kier alpha value is -0.870. The minimum Gasteiger partial charge on any atom is -0.444 e. The summed E-state index contributed by atoms with van der Waals surface area (Å²) in [6, 6.07) is 0.136. The topological polar surface area (TPSA) is 47.3 Å². The van der Waals surface area contributed by atoms with Crippen LogP contribution in [0.25, 0.3) is 0 Å². The van der Waals surface area contributed by atoms with Gasteiger partial charge in [-0.2, -0.15) is 0 Å². The summed E-state index contributed by atoms with van der Waals surface area (Å²) in [5.41, 5.74) is 0. The van der Waals surface area contributed by atoms with Crippen LogP contribution in [0.15, 0.2) is 10.6 Å². The molecule has 0 aromatic carbocycles. The molecular formula is C12H22N2O2. The Kier molecular flexibility index (Phi) is 5.49. The first-order valence-corrected chi connectivity index (χ1v) is 5.83. The number of nitrogens with zero attached hydrogens (tertiary/aromatic N) is 1. The number of nitrogens with one attached hydrogen (secondary N) is 1. The van der Waals surface area contributed by atoms with Crippen molar-refractivity contribution < 1.29 is 9.15 Å². The Balaban J connectivity index is 2.13. The Bertz CT molecular complexity index is 297. The molecule has 1 unspecified atom stereocenters. The van der Waals surface area contributed by atoms with Gasteiger partial charge in [0.1, 0.15) is 5.76 Å². The zero-order valence-electron chi connectivity index (χ0n) is 10.6. The minimum absolute atomic E-state index is 0.136. The van der Waals surface area contributed by atoms with Crippen LogP contribution < -0.4 is 5.32 Å². The molecule has 0 aliphatic carbocycles. The highest BCUT2D eigenvalue weighted by Crippen LogP contribution is 2.11. The van der Waals surface area contributed by atoms with Gasteiger partial charge in [0.2, 0.25) is 5.89 Å². The Morgan fingerprint density at radius 3 is 2.75 bits per heavy atom. The van der Waals surface area contributed by atoms with Crippen molar-refractivity contribution >= 4 is 0 Å². The summed E-state index contributed by atoms with van der Waals surface area (Å²) >= 11 is 0. The first kappa shape index (κ1) is 13.2. The molecule has 0 aliphatic heterocycles. The molecule has 0 saturated heterocycles. The fourth-order valence-corrected chi connectivity index (χ4v) is 1.33. The molecule has 0 amide bonds. The van der Waals surface area contributed by atoms with Gasteiger partial charge in [0, 0.05) is 13.2 Å². The summed E-state index contributed by atoms with van der Waals surface area (Å²) in [6.07, 6.45) is 1.74. The fourth-order valence-electron chi connectivity index (χ4n) is 1.33. The smallest absolute Gasteiger partial charge is 0.211 e. The van der Waals surface area contributed by atoms with E-state index in [0.29, 0.717) is 5.92 Å². The maximum atomic E-state index is 5.47. The fraction of sp³-hybridized carbons (Fsp3) is 0.750. The van der Waals surface area contributed by atoms with Crippen molar-refractivity contribution in [2.24, 2.45) is 5.92 Å². The molecule has 0 saturated carbocycles. The zero-order chi connectivity index (χ0) is 12.0. The third kappa shape index (κ3) is 4.77. The second-order valence-electron chi connectivity index (χ2n) is 4.45. The van der Waals surface area contributed by atoms with E-state index in [-0.39, 0.29) is 6.04 Å². The first-order valence-electron chi connectivity index (χ1n) is 5.83. The van der Waals surface area contributed by atoms with Crippen LogP contribution >= 0.6 is 0 Å². The lowest BCUT2D eigenvalue weighted by Gasteiger charge is -2.11. The van der Waals surface area contributed by atoms with Crippen LogP contribution in [-0.2, 0) is 4.74 Å². The Morgan fingerprint density at radius 2 is 2.19 bits per heavy atom. The van der Waals surface area contributed by atoms with E-state index in [0.717, 1.165) is 31.4 Å². The second-order valence-corrected chi connectivity index (χ2v) is 4.45. The lowest BCUT2D eigenvalue weighted by molar-refractivity contribution is 0.109. The average molecular weight is 226 g/mol. The standard InChI is InChI=1S/C12H22N2O2/c1-9(2)8-15-6-5-13-11(4)12-14-7-10(3)16-12/h7,9,11,13H,5-6,8H2,1-4H3. The second kappa shape index (κ2) is 6.66. The summed E-state index contributed by atoms with van der Waals surface area (Å²) in [4.78, 5) is 4.17. The monoisotopic (exact) mass is 226 g/mol. The van der Waals surface area contributed by atoms with Gasteiger partial charge < -0.3 is 14.5 Å². The molecule has 4 heteroatoms. The van der Waals surface area contributed by atoms with Crippen molar-refractivity contribution in [2.45, 2.75) is 33.7 Å². The van der Waals surface area contributed by atoms with Gasteiger partial charge in [0.15, 0.2) is 0 Å². The summed E-state index contributed by atoms with van der Waals surface area (Å²) in [6.45, 7) is 10.6. The van der Waals surface area contributed by atoms with E-state index in [1.807, 2.05) is 13.8 Å². The third-order valence-electron chi connectivity index (χ3n) is 2.16. The maximum Gasteiger partial charge on any atom is 0.211 e. The van der Waals surface area contributed by atoms with Gasteiger partial charge in [0.05, 0.1) is 18.8 Å². The molecule has 16 heavy (non-hydrogen) atoms. The van der Waals surface area contributed by atoms with Crippen LogP contribution in [-0.4, -0.2) is 24.7 Å². The molecular weight excluding hydrogens is 204 g/mol. The van der Waals surface area contributed by atoms with Crippen molar-refractivity contribution in [2.75, 3.05) is 19.8 Å². The predicted octanol–water partition coefficient (Wildman–Crippen LogP) is 2.31. The molecule has 1 N–H and O–H groups in total. The molecule has 1 aromatic rings. The molecule has 4 nitrogen and oxygen atoms in total. The van der Waals surface area contributed by atoms with Gasteiger partial charge in [-0.1, -0.05) is 13.8 Å². The van der Waals surface area contributed by atoms with E-state index in [1.165, 1.54) is 0 Å². The van der Waals surface area contributed by atoms with Crippen molar-refractivity contribution in [3.63, 3.8) is 0 Å². The minimum atomic E-state index is 0.136. The average Bonchev–Trinajstić information content (AvgIpc) is 2.63. The third-order valence-corrected chi connectivity index (χ3v) is 2.16. The highest BCUT2D eigenvalue weighted by Gasteiger charge is 2.09. The number of ether oxygens (including phenoxy) is 1. The summed E-state index contributed by atoms with van der Waals surface area (Å²) in [5, 5.41) is 3.30. The van der Waals surface area contributed by atoms with E-state index in [2.05, 4.69) is 24.1 Å². The molecule has 0 bridgehead atoms. The lowest BCUT2D eigenvalue weighted by atomic mass is 10.2. The van der Waals surface area contributed by atoms with Gasteiger partial charge in [-0.25, -0.2) is 4.98 Å². The SMILES string of the molecule is Cc1cnc(C(C)NCCOCC(C)C)o1. The van der Waals surface area contributed by atoms with Crippen molar-refractivity contribution in [1.29, 1.82) is 0 Å². The summed E-state index contributed by atoms with van der Waals surface area (Å²) in [5.74, 6) is 2.17. The molecule has 0 spiro atoms. The van der Waals surface area contributed by atoms with Gasteiger partial charge in [-0.05, 0) is 19.8 Å².